The van der Waals surface area contributed by atoms with E-state index in [9.17, 15) is 0 Å². The van der Waals surface area contributed by atoms with Crippen LogP contribution in [0.25, 0.3) is 0 Å². The van der Waals surface area contributed by atoms with Crippen molar-refractivity contribution in [2.75, 3.05) is 30.5 Å². The molecule has 0 radical (unpaired) electrons. The summed E-state index contributed by atoms with van der Waals surface area (Å²) in [6.07, 6.45) is 4.28. The zero-order chi connectivity index (χ0) is 18.5. The number of aryl methyl sites for hydroxylation is 2. The highest BCUT2D eigenvalue weighted by atomic mass is 35.5. The van der Waals surface area contributed by atoms with E-state index in [4.69, 9.17) is 21.3 Å². The molecule has 2 aromatic rings. The molecule has 1 aromatic carbocycles. The van der Waals surface area contributed by atoms with Gasteiger partial charge in [0.05, 0.1) is 12.6 Å². The lowest BCUT2D eigenvalue weighted by molar-refractivity contribution is 0.180. The van der Waals surface area contributed by atoms with Gasteiger partial charge in [-0.25, -0.2) is 4.98 Å². The molecule has 3 rings (SSSR count). The van der Waals surface area contributed by atoms with Crippen LogP contribution >= 0.6 is 11.6 Å². The first kappa shape index (κ1) is 18.9. The molecule has 0 bridgehead atoms. The molecule has 0 spiro atoms. The number of hydrogen-bond acceptors (Lipinski definition) is 5. The first-order valence-corrected chi connectivity index (χ1v) is 9.65. The fourth-order valence-electron chi connectivity index (χ4n) is 3.37. The van der Waals surface area contributed by atoms with E-state index in [-0.39, 0.29) is 0 Å². The van der Waals surface area contributed by atoms with Crippen LogP contribution in [0.5, 0.6) is 0 Å². The molecule has 1 saturated heterocycles. The fraction of sp³-hybridized carbons (Fsp3) is 0.500. The number of nitrogens with zero attached hydrogens (tertiary/aromatic N) is 3. The smallest absolute Gasteiger partial charge is 0.229 e. The number of rotatable bonds is 7. The van der Waals surface area contributed by atoms with E-state index >= 15 is 0 Å². The van der Waals surface area contributed by atoms with E-state index < -0.39 is 0 Å². The van der Waals surface area contributed by atoms with Gasteiger partial charge in [0.15, 0.2) is 0 Å². The fourth-order valence-corrected chi connectivity index (χ4v) is 3.55. The number of ether oxygens (including phenoxy) is 1. The van der Waals surface area contributed by atoms with Crippen molar-refractivity contribution in [3.05, 3.63) is 40.5 Å². The number of aromatic nitrogens is 2. The first-order valence-electron chi connectivity index (χ1n) is 9.27. The summed E-state index contributed by atoms with van der Waals surface area (Å²) in [5.41, 5.74) is 3.01. The molecular weight excluding hydrogens is 348 g/mol. The van der Waals surface area contributed by atoms with Crippen molar-refractivity contribution in [1.82, 2.24) is 9.97 Å². The lowest BCUT2D eigenvalue weighted by atomic mass is 10.2. The minimum absolute atomic E-state index is 0.381. The molecule has 0 amide bonds. The molecule has 140 valence electrons. The van der Waals surface area contributed by atoms with E-state index in [2.05, 4.69) is 28.2 Å². The highest BCUT2D eigenvalue weighted by Crippen LogP contribution is 2.27. The summed E-state index contributed by atoms with van der Waals surface area (Å²) in [5, 5.41) is 4.05. The average Bonchev–Trinajstić information content (AvgIpc) is 3.07. The Labute approximate surface area is 160 Å². The third kappa shape index (κ3) is 4.46. The summed E-state index contributed by atoms with van der Waals surface area (Å²) in [5.74, 6) is 1.60. The Bertz CT molecular complexity index is 753. The molecule has 6 heteroatoms. The Hall–Kier alpha value is -1.85. The Morgan fingerprint density at radius 3 is 2.88 bits per heavy atom. The van der Waals surface area contributed by atoms with Crippen molar-refractivity contribution in [2.45, 2.75) is 45.6 Å². The zero-order valence-corrected chi connectivity index (χ0v) is 16.5. The molecule has 1 fully saturated rings. The Morgan fingerprint density at radius 2 is 2.15 bits per heavy atom. The van der Waals surface area contributed by atoms with Crippen LogP contribution in [0.1, 0.15) is 37.4 Å². The maximum Gasteiger partial charge on any atom is 0.229 e. The monoisotopic (exact) mass is 374 g/mol. The van der Waals surface area contributed by atoms with Crippen molar-refractivity contribution in [2.24, 2.45) is 0 Å². The first-order chi connectivity index (χ1) is 12.6. The van der Waals surface area contributed by atoms with Crippen molar-refractivity contribution < 1.29 is 4.74 Å². The van der Waals surface area contributed by atoms with Crippen molar-refractivity contribution >= 4 is 29.1 Å². The lowest BCUT2D eigenvalue weighted by Crippen LogP contribution is -2.33. The average molecular weight is 375 g/mol. The number of methoxy groups -OCH3 is 1. The van der Waals surface area contributed by atoms with Crippen LogP contribution in [0, 0.1) is 6.92 Å². The molecule has 26 heavy (non-hydrogen) atoms. The highest BCUT2D eigenvalue weighted by Gasteiger charge is 2.26. The molecule has 5 nitrogen and oxygen atoms in total. The molecule has 0 unspecified atom stereocenters. The molecule has 1 N–H and O–H groups in total. The second kappa shape index (κ2) is 8.69. The molecule has 1 aliphatic rings. The summed E-state index contributed by atoms with van der Waals surface area (Å²) in [6.45, 7) is 5.89. The number of halogens is 1. The SMILES string of the molecule is CCCc1cc(N2CCC[C@H]2COC)nc(Nc2ccc(C)c(Cl)c2)n1. The Morgan fingerprint density at radius 1 is 1.31 bits per heavy atom. The summed E-state index contributed by atoms with van der Waals surface area (Å²) < 4.78 is 5.39. The number of benzene rings is 1. The summed E-state index contributed by atoms with van der Waals surface area (Å²) in [4.78, 5) is 11.8. The maximum absolute atomic E-state index is 6.25. The van der Waals surface area contributed by atoms with Gasteiger partial charge in [0.2, 0.25) is 5.95 Å². The minimum Gasteiger partial charge on any atom is -0.383 e. The predicted octanol–water partition coefficient (Wildman–Crippen LogP) is 4.75. The van der Waals surface area contributed by atoms with Gasteiger partial charge < -0.3 is 15.0 Å². The van der Waals surface area contributed by atoms with Crippen LogP contribution < -0.4 is 10.2 Å². The molecule has 1 aromatic heterocycles. The normalized spacial score (nSPS) is 16.9. The van der Waals surface area contributed by atoms with Gasteiger partial charge in [-0.3, -0.25) is 0 Å². The summed E-state index contributed by atoms with van der Waals surface area (Å²) in [7, 11) is 1.76. The number of hydrogen-bond donors (Lipinski definition) is 1. The molecule has 2 heterocycles. The molecule has 1 atom stereocenters. The summed E-state index contributed by atoms with van der Waals surface area (Å²) in [6, 6.07) is 8.41. The van der Waals surface area contributed by atoms with E-state index in [1.165, 1.54) is 0 Å². The van der Waals surface area contributed by atoms with Gasteiger partial charge in [-0.1, -0.05) is 31.0 Å². The van der Waals surface area contributed by atoms with Crippen LogP contribution in [0.2, 0.25) is 5.02 Å². The Balaban J connectivity index is 1.89. The van der Waals surface area contributed by atoms with Crippen molar-refractivity contribution in [3.8, 4) is 0 Å². The van der Waals surface area contributed by atoms with Crippen molar-refractivity contribution in [3.63, 3.8) is 0 Å². The van der Waals surface area contributed by atoms with Crippen LogP contribution in [-0.2, 0) is 11.2 Å². The van der Waals surface area contributed by atoms with Crippen LogP contribution in [0.15, 0.2) is 24.3 Å². The largest absolute Gasteiger partial charge is 0.383 e. The van der Waals surface area contributed by atoms with Crippen LogP contribution in [-0.4, -0.2) is 36.3 Å². The molecule has 0 saturated carbocycles. The summed E-state index contributed by atoms with van der Waals surface area (Å²) >= 11 is 6.25. The molecular formula is C20H27ClN4O. The van der Waals surface area contributed by atoms with Gasteiger partial charge >= 0.3 is 0 Å². The maximum atomic E-state index is 6.25. The quantitative estimate of drug-likeness (QED) is 0.757. The Kier molecular flexibility index (Phi) is 6.33. The van der Waals surface area contributed by atoms with Gasteiger partial charge in [-0.05, 0) is 43.9 Å². The third-order valence-electron chi connectivity index (χ3n) is 4.73. The van der Waals surface area contributed by atoms with E-state index in [0.29, 0.717) is 12.0 Å². The van der Waals surface area contributed by atoms with Gasteiger partial charge in [0.1, 0.15) is 5.82 Å². The molecule has 1 aliphatic heterocycles. The topological polar surface area (TPSA) is 50.3 Å². The lowest BCUT2D eigenvalue weighted by Gasteiger charge is -2.26. The van der Waals surface area contributed by atoms with Crippen LogP contribution in [0.3, 0.4) is 0 Å². The van der Waals surface area contributed by atoms with Crippen LogP contribution in [0.4, 0.5) is 17.5 Å². The number of nitrogens with one attached hydrogen (secondary N) is 1. The van der Waals surface area contributed by atoms with E-state index in [1.54, 1.807) is 7.11 Å². The van der Waals surface area contributed by atoms with Gasteiger partial charge in [0.25, 0.3) is 0 Å². The third-order valence-corrected chi connectivity index (χ3v) is 5.14. The standard InChI is InChI=1S/C20H27ClN4O/c1-4-6-15-12-19(25-10-5-7-17(25)13-26-3)24-20(22-15)23-16-9-8-14(2)18(21)11-16/h8-9,11-12,17H,4-7,10,13H2,1-3H3,(H,22,23,24)/t17-/m0/s1. The van der Waals surface area contributed by atoms with Gasteiger partial charge in [-0.2, -0.15) is 4.98 Å². The highest BCUT2D eigenvalue weighted by molar-refractivity contribution is 6.31. The predicted molar refractivity (Wildman–Crippen MR) is 108 cm³/mol. The molecule has 0 aliphatic carbocycles. The van der Waals surface area contributed by atoms with Gasteiger partial charge in [-0.15, -0.1) is 0 Å². The van der Waals surface area contributed by atoms with E-state index in [1.807, 2.05) is 25.1 Å². The van der Waals surface area contributed by atoms with E-state index in [0.717, 1.165) is 66.6 Å². The minimum atomic E-state index is 0.381. The second-order valence-electron chi connectivity index (χ2n) is 6.82. The number of anilines is 3. The second-order valence-corrected chi connectivity index (χ2v) is 7.23. The van der Waals surface area contributed by atoms with Crippen molar-refractivity contribution in [1.29, 1.82) is 0 Å². The van der Waals surface area contributed by atoms with Gasteiger partial charge in [0, 0.05) is 36.1 Å². The zero-order valence-electron chi connectivity index (χ0n) is 15.8.